The van der Waals surface area contributed by atoms with Crippen molar-refractivity contribution in [3.63, 3.8) is 0 Å². The minimum Gasteiger partial charge on any atom is -0.462 e. The van der Waals surface area contributed by atoms with Crippen molar-refractivity contribution < 1.29 is 80.2 Å². The fourth-order valence-corrected chi connectivity index (χ4v) is 11.5. The van der Waals surface area contributed by atoms with E-state index in [9.17, 15) is 43.2 Å². The quantitative estimate of drug-likeness (QED) is 0.0222. The fourth-order valence-electron chi connectivity index (χ4n) is 9.88. The number of unbranched alkanes of at least 4 members (excludes halogenated alkanes) is 35. The molecule has 3 N–H and O–H groups in total. The maximum atomic E-state index is 13.0. The zero-order valence-corrected chi connectivity index (χ0v) is 56.7. The molecule has 2 unspecified atom stereocenters. The zero-order valence-electron chi connectivity index (χ0n) is 54.9. The Bertz CT molecular complexity index is 1670. The average molecular weight is 1260 g/mol. The summed E-state index contributed by atoms with van der Waals surface area (Å²) in [6.07, 6.45) is 41.6. The van der Waals surface area contributed by atoms with Gasteiger partial charge in [-0.25, -0.2) is 9.13 Å². The number of aliphatic hydroxyl groups excluding tert-OH is 1. The van der Waals surface area contributed by atoms with E-state index in [1.165, 1.54) is 148 Å². The zero-order chi connectivity index (χ0) is 62.9. The second-order valence-electron chi connectivity index (χ2n) is 24.8. The van der Waals surface area contributed by atoms with Crippen molar-refractivity contribution in [3.05, 3.63) is 0 Å². The maximum Gasteiger partial charge on any atom is 0.472 e. The summed E-state index contributed by atoms with van der Waals surface area (Å²) in [7, 11) is -9.89. The Labute approximate surface area is 517 Å². The largest absolute Gasteiger partial charge is 0.472 e. The standard InChI is InChI=1S/C66H128O17P2/c1-7-9-11-13-15-17-25-32-38-44-50-65(70)82-61(54-76-63(68)48-42-36-30-22-16-14-12-10-8-2)56-80-84(72,73)78-52-60(67)53-79-85(74,75)81-57-62(55-77-64(69)49-43-37-31-27-21-24-29-35-41-47-59(5)6)83-66(71)51-45-39-33-26-20-18-19-23-28-34-40-46-58(3)4/h58-62,67H,7-57H2,1-6H3,(H,72,73)(H,74,75)/t60-,61+,62+/m0/s1. The van der Waals surface area contributed by atoms with Gasteiger partial charge in [0.1, 0.15) is 19.3 Å². The Balaban J connectivity index is 5.24. The van der Waals surface area contributed by atoms with Gasteiger partial charge in [0.25, 0.3) is 0 Å². The van der Waals surface area contributed by atoms with E-state index >= 15 is 0 Å². The van der Waals surface area contributed by atoms with Gasteiger partial charge in [0.15, 0.2) is 12.2 Å². The minimum absolute atomic E-state index is 0.106. The molecular formula is C66H128O17P2. The molecule has 0 aromatic heterocycles. The van der Waals surface area contributed by atoms with Gasteiger partial charge in [-0.2, -0.15) is 0 Å². The van der Waals surface area contributed by atoms with Crippen LogP contribution >= 0.6 is 15.6 Å². The monoisotopic (exact) mass is 1250 g/mol. The van der Waals surface area contributed by atoms with E-state index in [0.717, 1.165) is 102 Å². The van der Waals surface area contributed by atoms with Crippen molar-refractivity contribution in [1.29, 1.82) is 0 Å². The van der Waals surface area contributed by atoms with Crippen LogP contribution in [0.3, 0.4) is 0 Å². The Hall–Kier alpha value is -1.94. The first-order chi connectivity index (χ1) is 40.9. The molecule has 0 bridgehead atoms. The molecule has 0 spiro atoms. The normalized spacial score (nSPS) is 14.2. The number of phosphoric ester groups is 2. The third-order valence-corrected chi connectivity index (χ3v) is 17.1. The van der Waals surface area contributed by atoms with Crippen LogP contribution in [-0.2, 0) is 65.4 Å². The van der Waals surface area contributed by atoms with Crippen molar-refractivity contribution >= 4 is 39.5 Å². The molecular weight excluding hydrogens is 1130 g/mol. The predicted molar refractivity (Wildman–Crippen MR) is 340 cm³/mol. The molecule has 0 saturated heterocycles. The summed E-state index contributed by atoms with van der Waals surface area (Å²) >= 11 is 0. The number of carbonyl (C=O) groups is 4. The second-order valence-corrected chi connectivity index (χ2v) is 27.7. The van der Waals surface area contributed by atoms with Crippen molar-refractivity contribution in [3.8, 4) is 0 Å². The van der Waals surface area contributed by atoms with Gasteiger partial charge in [0, 0.05) is 25.7 Å². The molecule has 5 atom stereocenters. The van der Waals surface area contributed by atoms with Gasteiger partial charge >= 0.3 is 39.5 Å². The molecule has 0 rings (SSSR count). The SMILES string of the molecule is CCCCCCCCCCCCC(=O)O[C@H](COC(=O)CCCCCCCCCCC)COP(=O)(O)OC[C@H](O)COP(=O)(O)OC[C@@H](COC(=O)CCCCCCCCCCCC(C)C)OC(=O)CCCCCCCCCCCCCC(C)C. The molecule has 0 aliphatic rings. The number of carbonyl (C=O) groups excluding carboxylic acids is 4. The maximum absolute atomic E-state index is 13.0. The van der Waals surface area contributed by atoms with Crippen LogP contribution in [0.1, 0.15) is 330 Å². The van der Waals surface area contributed by atoms with E-state index in [1.54, 1.807) is 0 Å². The summed E-state index contributed by atoms with van der Waals surface area (Å²) in [6.45, 7) is 9.47. The smallest absolute Gasteiger partial charge is 0.462 e. The molecule has 0 aliphatic heterocycles. The summed E-state index contributed by atoms with van der Waals surface area (Å²) in [5.74, 6) is -0.622. The summed E-state index contributed by atoms with van der Waals surface area (Å²) in [4.78, 5) is 72.3. The molecule has 504 valence electrons. The van der Waals surface area contributed by atoms with Crippen LogP contribution in [0.15, 0.2) is 0 Å². The molecule has 0 radical (unpaired) electrons. The van der Waals surface area contributed by atoms with Gasteiger partial charge in [0.2, 0.25) is 0 Å². The van der Waals surface area contributed by atoms with Gasteiger partial charge in [-0.3, -0.25) is 37.3 Å². The first-order valence-electron chi connectivity index (χ1n) is 34.5. The molecule has 0 fully saturated rings. The molecule has 19 heteroatoms. The Morgan fingerprint density at radius 1 is 0.318 bits per heavy atom. The highest BCUT2D eigenvalue weighted by Crippen LogP contribution is 2.45. The lowest BCUT2D eigenvalue weighted by molar-refractivity contribution is -0.161. The second kappa shape index (κ2) is 58.4. The van der Waals surface area contributed by atoms with Crippen LogP contribution in [0.2, 0.25) is 0 Å². The van der Waals surface area contributed by atoms with Gasteiger partial charge in [-0.05, 0) is 37.5 Å². The van der Waals surface area contributed by atoms with E-state index in [4.69, 9.17) is 37.0 Å². The Morgan fingerprint density at radius 3 is 0.800 bits per heavy atom. The van der Waals surface area contributed by atoms with Crippen LogP contribution in [0.4, 0.5) is 0 Å². The van der Waals surface area contributed by atoms with Crippen molar-refractivity contribution in [2.75, 3.05) is 39.6 Å². The number of esters is 4. The highest BCUT2D eigenvalue weighted by atomic mass is 31.2. The van der Waals surface area contributed by atoms with Crippen molar-refractivity contribution in [2.24, 2.45) is 11.8 Å². The van der Waals surface area contributed by atoms with E-state index in [0.29, 0.717) is 25.7 Å². The van der Waals surface area contributed by atoms with Crippen LogP contribution < -0.4 is 0 Å². The minimum atomic E-state index is -4.95. The third-order valence-electron chi connectivity index (χ3n) is 15.2. The summed E-state index contributed by atoms with van der Waals surface area (Å²) in [6, 6.07) is 0. The topological polar surface area (TPSA) is 237 Å². The molecule has 0 amide bonds. The Kier molecular flexibility index (Phi) is 57.1. The van der Waals surface area contributed by atoms with E-state index in [-0.39, 0.29) is 25.7 Å². The van der Waals surface area contributed by atoms with E-state index < -0.39 is 97.5 Å². The van der Waals surface area contributed by atoms with Gasteiger partial charge in [0.05, 0.1) is 26.4 Å². The predicted octanol–water partition coefficient (Wildman–Crippen LogP) is 18.4. The highest BCUT2D eigenvalue weighted by Gasteiger charge is 2.30. The van der Waals surface area contributed by atoms with Crippen LogP contribution in [0.5, 0.6) is 0 Å². The molecule has 85 heavy (non-hydrogen) atoms. The molecule has 17 nitrogen and oxygen atoms in total. The highest BCUT2D eigenvalue weighted by molar-refractivity contribution is 7.47. The van der Waals surface area contributed by atoms with Gasteiger partial charge < -0.3 is 33.8 Å². The summed E-state index contributed by atoms with van der Waals surface area (Å²) in [5, 5.41) is 10.5. The third kappa shape index (κ3) is 60.7. The molecule has 0 aliphatic carbocycles. The lowest BCUT2D eigenvalue weighted by atomic mass is 10.0. The lowest BCUT2D eigenvalue weighted by Gasteiger charge is -2.21. The van der Waals surface area contributed by atoms with Crippen LogP contribution in [0, 0.1) is 11.8 Å². The number of hydrogen-bond donors (Lipinski definition) is 3. The van der Waals surface area contributed by atoms with Crippen LogP contribution in [0.25, 0.3) is 0 Å². The lowest BCUT2D eigenvalue weighted by Crippen LogP contribution is -2.30. The first kappa shape index (κ1) is 83.1. The Morgan fingerprint density at radius 2 is 0.541 bits per heavy atom. The molecule has 0 saturated carbocycles. The van der Waals surface area contributed by atoms with Crippen LogP contribution in [-0.4, -0.2) is 96.7 Å². The number of ether oxygens (including phenoxy) is 4. The van der Waals surface area contributed by atoms with E-state index in [1.807, 2.05) is 0 Å². The van der Waals surface area contributed by atoms with Crippen molar-refractivity contribution in [1.82, 2.24) is 0 Å². The first-order valence-corrected chi connectivity index (χ1v) is 37.5. The number of rotatable bonds is 65. The van der Waals surface area contributed by atoms with Crippen molar-refractivity contribution in [2.45, 2.75) is 349 Å². The molecule has 0 heterocycles. The average Bonchev–Trinajstić information content (AvgIpc) is 3.55. The van der Waals surface area contributed by atoms with Gasteiger partial charge in [-0.15, -0.1) is 0 Å². The molecule has 0 aromatic carbocycles. The summed E-state index contributed by atoms with van der Waals surface area (Å²) < 4.78 is 68.1. The fraction of sp³-hybridized carbons (Fsp3) is 0.939. The number of phosphoric acid groups is 2. The summed E-state index contributed by atoms with van der Waals surface area (Å²) in [5.41, 5.74) is 0. The van der Waals surface area contributed by atoms with E-state index in [2.05, 4.69) is 41.5 Å². The number of aliphatic hydroxyl groups is 1. The number of hydrogen-bond acceptors (Lipinski definition) is 15. The van der Waals surface area contributed by atoms with Gasteiger partial charge in [-0.1, -0.05) is 279 Å². The molecule has 0 aromatic rings.